The largest absolute Gasteiger partial charge is 0.349 e. The van der Waals surface area contributed by atoms with Crippen LogP contribution in [0.25, 0.3) is 28.0 Å². The molecular weight excluding hydrogens is 629 g/mol. The fraction of sp³-hybridized carbons (Fsp3) is 0.545. The number of hydrogen-bond acceptors (Lipinski definition) is 4. The molecule has 2 heterocycles. The van der Waals surface area contributed by atoms with E-state index in [-0.39, 0.29) is 28.2 Å². The number of rotatable bonds is 10. The zero-order valence-corrected chi connectivity index (χ0v) is 33.4. The molecule has 0 unspecified atom stereocenters. The van der Waals surface area contributed by atoms with Gasteiger partial charge in [-0.25, -0.2) is 9.98 Å². The number of aromatic nitrogens is 2. The number of H-pyrrole nitrogens is 1. The number of guanidine groups is 1. The Morgan fingerprint density at radius 3 is 1.84 bits per heavy atom. The molecule has 1 N–H and O–H groups in total. The first-order chi connectivity index (χ1) is 23.9. The number of aliphatic imine (C=N–C) groups is 2. The molecule has 0 radical (unpaired) electrons. The van der Waals surface area contributed by atoms with Crippen molar-refractivity contribution in [3.8, 4) is 22.4 Å². The Labute approximate surface area is 307 Å². The molecule has 1 aromatic heterocycles. The number of allylic oxidation sites excluding steroid dienone is 1. The van der Waals surface area contributed by atoms with Gasteiger partial charge >= 0.3 is 0 Å². The molecule has 0 bridgehead atoms. The number of imidazole rings is 1. The van der Waals surface area contributed by atoms with Gasteiger partial charge in [-0.1, -0.05) is 117 Å². The zero-order valence-electron chi connectivity index (χ0n) is 33.4. The Morgan fingerprint density at radius 2 is 1.33 bits per heavy atom. The fourth-order valence-electron chi connectivity index (χ4n) is 7.82. The Bertz CT molecular complexity index is 1740. The van der Waals surface area contributed by atoms with Crippen LogP contribution in [0.5, 0.6) is 0 Å². The summed E-state index contributed by atoms with van der Waals surface area (Å²) in [6, 6.07) is 17.5. The fourth-order valence-corrected chi connectivity index (χ4v) is 7.82. The van der Waals surface area contributed by atoms with E-state index in [1.165, 1.54) is 42.4 Å². The number of ketones is 1. The van der Waals surface area contributed by atoms with Crippen molar-refractivity contribution in [2.75, 3.05) is 28.2 Å². The van der Waals surface area contributed by atoms with E-state index in [4.69, 9.17) is 15.0 Å². The second kappa shape index (κ2) is 14.9. The molecule has 51 heavy (non-hydrogen) atoms. The van der Waals surface area contributed by atoms with Crippen LogP contribution in [0.1, 0.15) is 111 Å². The maximum absolute atomic E-state index is 13.7. The summed E-state index contributed by atoms with van der Waals surface area (Å²) in [7, 11) is 8.14. The van der Waals surface area contributed by atoms with Gasteiger partial charge in [-0.15, -0.1) is 0 Å². The van der Waals surface area contributed by atoms with E-state index < -0.39 is 0 Å². The number of carbonyl (C=O) groups is 1. The second-order valence-corrected chi connectivity index (χ2v) is 18.0. The highest BCUT2D eigenvalue weighted by Crippen LogP contribution is 2.45. The van der Waals surface area contributed by atoms with Crippen molar-refractivity contribution in [1.29, 1.82) is 0 Å². The van der Waals surface area contributed by atoms with Crippen LogP contribution in [0.15, 0.2) is 70.9 Å². The Kier molecular flexibility index (Phi) is 11.2. The average molecular weight is 691 g/mol. The van der Waals surface area contributed by atoms with Gasteiger partial charge in [-0.05, 0) is 57.4 Å². The molecular formula is C44H62N6O. The topological polar surface area (TPSA) is 77.0 Å². The van der Waals surface area contributed by atoms with Gasteiger partial charge in [0.15, 0.2) is 5.96 Å². The Balaban J connectivity index is 1.26. The van der Waals surface area contributed by atoms with E-state index in [1.54, 1.807) is 0 Å². The first-order valence-electron chi connectivity index (χ1n) is 18.8. The van der Waals surface area contributed by atoms with Gasteiger partial charge in [0.1, 0.15) is 11.6 Å². The van der Waals surface area contributed by atoms with Crippen LogP contribution in [0.3, 0.4) is 0 Å². The van der Waals surface area contributed by atoms with Crippen LogP contribution in [0, 0.1) is 22.2 Å². The molecule has 2 aliphatic rings. The maximum Gasteiger partial charge on any atom is 0.196 e. The number of hydrogen-bond donors (Lipinski definition) is 1. The summed E-state index contributed by atoms with van der Waals surface area (Å²) in [4.78, 5) is 36.4. The minimum Gasteiger partial charge on any atom is -0.349 e. The number of nitrogens with zero attached hydrogens (tertiary/aromatic N) is 5. The predicted molar refractivity (Wildman–Crippen MR) is 215 cm³/mol. The highest BCUT2D eigenvalue weighted by molar-refractivity contribution is 6.03. The molecule has 0 amide bonds. The third kappa shape index (κ3) is 8.73. The van der Waals surface area contributed by atoms with Crippen LogP contribution < -0.4 is 0 Å². The third-order valence-corrected chi connectivity index (χ3v) is 11.2. The quantitative estimate of drug-likeness (QED) is 0.170. The monoisotopic (exact) mass is 690 g/mol. The number of aromatic amines is 1. The van der Waals surface area contributed by atoms with Crippen molar-refractivity contribution in [3.63, 3.8) is 0 Å². The molecule has 1 aliphatic heterocycles. The minimum atomic E-state index is -0.291. The molecule has 2 atom stereocenters. The first-order valence-corrected chi connectivity index (χ1v) is 18.8. The summed E-state index contributed by atoms with van der Waals surface area (Å²) < 4.78 is 0. The van der Waals surface area contributed by atoms with Gasteiger partial charge in [-0.3, -0.25) is 9.79 Å². The summed E-state index contributed by atoms with van der Waals surface area (Å²) >= 11 is 0. The lowest BCUT2D eigenvalue weighted by Gasteiger charge is -2.35. The third-order valence-electron chi connectivity index (χ3n) is 11.2. The maximum atomic E-state index is 13.7. The first kappa shape index (κ1) is 38.2. The SMILES string of the molecule is CN(C)C(=N[C@H](C1=NC=C(c2ccc(-c3ccc(-c4cnc([C@@H](CC(=O)C(C)(C)C5CCCC5)C(C)(C)C)[nH]4)cc3)cc2)C1)C(C)(C)C)N(C)C. The van der Waals surface area contributed by atoms with E-state index in [0.29, 0.717) is 18.1 Å². The lowest BCUT2D eigenvalue weighted by molar-refractivity contribution is -0.130. The predicted octanol–water partition coefficient (Wildman–Crippen LogP) is 10.1. The second-order valence-electron chi connectivity index (χ2n) is 18.0. The zero-order chi connectivity index (χ0) is 37.3. The van der Waals surface area contributed by atoms with Crippen molar-refractivity contribution < 1.29 is 4.79 Å². The molecule has 3 aromatic rings. The van der Waals surface area contributed by atoms with Crippen LogP contribution in [-0.4, -0.2) is 71.5 Å². The number of benzene rings is 2. The Hall–Kier alpha value is -4.00. The molecule has 274 valence electrons. The molecule has 7 heteroatoms. The van der Waals surface area contributed by atoms with Gasteiger partial charge in [0.05, 0.1) is 17.9 Å². The van der Waals surface area contributed by atoms with E-state index in [2.05, 4.69) is 119 Å². The Morgan fingerprint density at radius 1 is 0.804 bits per heavy atom. The standard InChI is InChI=1S/C44H62N6O/c1-42(2,3)35(26-38(51)44(7,8)34-15-13-14-16-34)40-46-28-37(47-40)32-23-21-30(22-24-32)29-17-19-31(20-18-29)33-25-36(45-27-33)39(43(4,5)6)48-41(49(9)10)50(11)12/h17-24,27-28,34-35,39H,13-16,25-26H2,1-12H3,(H,46,47)/t35-,39-/m1/s1. The highest BCUT2D eigenvalue weighted by atomic mass is 16.1. The van der Waals surface area contributed by atoms with Crippen LogP contribution in [-0.2, 0) is 4.79 Å². The van der Waals surface area contributed by atoms with Crippen LogP contribution in [0.2, 0.25) is 0 Å². The molecule has 7 nitrogen and oxygen atoms in total. The molecule has 2 aromatic carbocycles. The summed E-state index contributed by atoms with van der Waals surface area (Å²) in [5.74, 6) is 2.72. The van der Waals surface area contributed by atoms with E-state index in [9.17, 15) is 4.79 Å². The molecule has 1 fully saturated rings. The van der Waals surface area contributed by atoms with Crippen molar-refractivity contribution >= 4 is 23.0 Å². The highest BCUT2D eigenvalue weighted by Gasteiger charge is 2.41. The molecule has 0 saturated heterocycles. The lowest BCUT2D eigenvalue weighted by Crippen LogP contribution is -2.40. The normalized spacial score (nSPS) is 16.8. The van der Waals surface area contributed by atoms with Crippen molar-refractivity contribution in [1.82, 2.24) is 19.8 Å². The smallest absolute Gasteiger partial charge is 0.196 e. The van der Waals surface area contributed by atoms with Crippen molar-refractivity contribution in [3.05, 3.63) is 72.3 Å². The number of carbonyl (C=O) groups excluding carboxylic acids is 1. The number of nitrogens with one attached hydrogen (secondary N) is 1. The molecule has 5 rings (SSSR count). The van der Waals surface area contributed by atoms with E-state index in [0.717, 1.165) is 40.7 Å². The van der Waals surface area contributed by atoms with Crippen LogP contribution >= 0.6 is 0 Å². The van der Waals surface area contributed by atoms with Gasteiger partial charge in [0.25, 0.3) is 0 Å². The molecule has 1 aliphatic carbocycles. The summed E-state index contributed by atoms with van der Waals surface area (Å²) in [6.45, 7) is 17.7. The lowest BCUT2D eigenvalue weighted by atomic mass is 9.69. The summed E-state index contributed by atoms with van der Waals surface area (Å²) in [6.07, 6.45) is 10.1. The minimum absolute atomic E-state index is 0.0225. The van der Waals surface area contributed by atoms with E-state index in [1.807, 2.05) is 40.6 Å². The van der Waals surface area contributed by atoms with Gasteiger partial charge in [-0.2, -0.15) is 0 Å². The van der Waals surface area contributed by atoms with Gasteiger partial charge < -0.3 is 14.8 Å². The van der Waals surface area contributed by atoms with Gasteiger partial charge in [0.2, 0.25) is 0 Å². The number of Topliss-reactive ketones (excluding diaryl/α,β-unsaturated/α-hetero) is 1. The molecule has 1 saturated carbocycles. The average Bonchev–Trinajstić information content (AvgIpc) is 3.85. The van der Waals surface area contributed by atoms with E-state index >= 15 is 0 Å². The van der Waals surface area contributed by atoms with Crippen molar-refractivity contribution in [2.45, 2.75) is 106 Å². The molecule has 0 spiro atoms. The van der Waals surface area contributed by atoms with Gasteiger partial charge in [0, 0.05) is 64.3 Å². The van der Waals surface area contributed by atoms with Crippen LogP contribution in [0.4, 0.5) is 0 Å². The summed E-state index contributed by atoms with van der Waals surface area (Å²) in [5.41, 5.74) is 7.47. The summed E-state index contributed by atoms with van der Waals surface area (Å²) in [5, 5.41) is 0. The van der Waals surface area contributed by atoms with Crippen molar-refractivity contribution in [2.24, 2.45) is 32.1 Å².